The van der Waals surface area contributed by atoms with Crippen molar-refractivity contribution < 1.29 is 4.79 Å². The third-order valence-electron chi connectivity index (χ3n) is 1.80. The Morgan fingerprint density at radius 1 is 1.75 bits per heavy atom. The maximum absolute atomic E-state index is 11.2. The second-order valence-corrected chi connectivity index (χ2v) is 2.98. The van der Waals surface area contributed by atoms with Gasteiger partial charge in [0.1, 0.15) is 0 Å². The molecular weight excluding hydrogens is 156 g/mol. The van der Waals surface area contributed by atoms with Gasteiger partial charge < -0.3 is 5.32 Å². The Hall–Kier alpha value is -1.39. The van der Waals surface area contributed by atoms with Crippen molar-refractivity contribution in [2.24, 2.45) is 13.0 Å². The maximum atomic E-state index is 11.2. The molecule has 0 spiro atoms. The lowest BCUT2D eigenvalue weighted by Gasteiger charge is -1.96. The molecule has 1 aliphatic rings. The second kappa shape index (κ2) is 2.58. The molecule has 0 atom stereocenters. The smallest absolute Gasteiger partial charge is 0.228 e. The molecule has 0 bridgehead atoms. The van der Waals surface area contributed by atoms with Crippen molar-refractivity contribution in [2.45, 2.75) is 12.8 Å². The Morgan fingerprint density at radius 2 is 2.50 bits per heavy atom. The van der Waals surface area contributed by atoms with Gasteiger partial charge in [-0.15, -0.1) is 5.10 Å². The first kappa shape index (κ1) is 7.27. The number of nitrogens with one attached hydrogen (secondary N) is 1. The zero-order valence-electron chi connectivity index (χ0n) is 6.82. The third-order valence-corrected chi connectivity index (χ3v) is 1.80. The molecular formula is C7H10N4O. The van der Waals surface area contributed by atoms with Crippen LogP contribution in [0.3, 0.4) is 0 Å². The number of aromatic nitrogens is 3. The van der Waals surface area contributed by atoms with Gasteiger partial charge in [0, 0.05) is 13.0 Å². The van der Waals surface area contributed by atoms with Gasteiger partial charge in [0.15, 0.2) is 5.82 Å². The lowest BCUT2D eigenvalue weighted by Crippen LogP contribution is -2.13. The first-order chi connectivity index (χ1) is 5.75. The highest BCUT2D eigenvalue weighted by atomic mass is 16.2. The molecule has 1 aliphatic carbocycles. The first-order valence-electron chi connectivity index (χ1n) is 3.93. The van der Waals surface area contributed by atoms with E-state index in [0.29, 0.717) is 5.82 Å². The summed E-state index contributed by atoms with van der Waals surface area (Å²) in [7, 11) is 1.72. The van der Waals surface area contributed by atoms with Gasteiger partial charge in [-0.2, -0.15) is 9.90 Å². The van der Waals surface area contributed by atoms with Crippen LogP contribution >= 0.6 is 0 Å². The minimum atomic E-state index is 0.0653. The van der Waals surface area contributed by atoms with E-state index in [9.17, 15) is 4.79 Å². The number of anilines is 1. The van der Waals surface area contributed by atoms with Crippen LogP contribution in [0.2, 0.25) is 0 Å². The number of nitrogens with zero attached hydrogens (tertiary/aromatic N) is 3. The average molecular weight is 166 g/mol. The SMILES string of the molecule is Cn1ncc(NC(=O)C2CC2)n1. The summed E-state index contributed by atoms with van der Waals surface area (Å²) in [4.78, 5) is 12.6. The van der Waals surface area contributed by atoms with Gasteiger partial charge in [0.25, 0.3) is 0 Å². The standard InChI is InChI=1S/C7H10N4O/c1-11-8-4-6(10-11)9-7(12)5-2-3-5/h4-5H,2-3H2,1H3,(H,9,10,12). The highest BCUT2D eigenvalue weighted by molar-refractivity contribution is 5.92. The van der Waals surface area contributed by atoms with Crippen molar-refractivity contribution in [3.05, 3.63) is 6.20 Å². The summed E-state index contributed by atoms with van der Waals surface area (Å²) < 4.78 is 0. The predicted molar refractivity (Wildman–Crippen MR) is 42.4 cm³/mol. The van der Waals surface area contributed by atoms with Gasteiger partial charge >= 0.3 is 0 Å². The largest absolute Gasteiger partial charge is 0.308 e. The van der Waals surface area contributed by atoms with Crippen LogP contribution < -0.4 is 5.32 Å². The summed E-state index contributed by atoms with van der Waals surface area (Å²) in [5.74, 6) is 0.817. The fourth-order valence-corrected chi connectivity index (χ4v) is 0.977. The normalized spacial score (nSPS) is 16.1. The fraction of sp³-hybridized carbons (Fsp3) is 0.571. The Kier molecular flexibility index (Phi) is 1.56. The van der Waals surface area contributed by atoms with Gasteiger partial charge in [0.05, 0.1) is 6.20 Å². The molecule has 5 heteroatoms. The van der Waals surface area contributed by atoms with Crippen molar-refractivity contribution in [3.63, 3.8) is 0 Å². The minimum Gasteiger partial charge on any atom is -0.308 e. The van der Waals surface area contributed by atoms with E-state index in [0.717, 1.165) is 12.8 Å². The molecule has 1 aromatic heterocycles. The molecule has 5 nitrogen and oxygen atoms in total. The highest BCUT2D eigenvalue weighted by Crippen LogP contribution is 2.29. The van der Waals surface area contributed by atoms with Crippen LogP contribution in [0.5, 0.6) is 0 Å². The van der Waals surface area contributed by atoms with Crippen LogP contribution in [0.1, 0.15) is 12.8 Å². The molecule has 0 aliphatic heterocycles. The molecule has 0 unspecified atom stereocenters. The Morgan fingerprint density at radius 3 is 3.00 bits per heavy atom. The molecule has 0 radical (unpaired) electrons. The van der Waals surface area contributed by atoms with Crippen LogP contribution in [0, 0.1) is 5.92 Å². The summed E-state index contributed by atoms with van der Waals surface area (Å²) >= 11 is 0. The molecule has 64 valence electrons. The molecule has 12 heavy (non-hydrogen) atoms. The van der Waals surface area contributed by atoms with Crippen molar-refractivity contribution in [1.29, 1.82) is 0 Å². The molecule has 1 heterocycles. The first-order valence-corrected chi connectivity index (χ1v) is 3.93. The summed E-state index contributed by atoms with van der Waals surface area (Å²) in [6.45, 7) is 0. The van der Waals surface area contributed by atoms with Crippen molar-refractivity contribution in [3.8, 4) is 0 Å². The molecule has 1 N–H and O–H groups in total. The molecule has 1 saturated carbocycles. The highest BCUT2D eigenvalue weighted by Gasteiger charge is 2.29. The Balaban J connectivity index is 1.98. The van der Waals surface area contributed by atoms with Crippen LogP contribution in [-0.2, 0) is 11.8 Å². The predicted octanol–water partition coefficient (Wildman–Crippen LogP) is 0.164. The van der Waals surface area contributed by atoms with Gasteiger partial charge in [0.2, 0.25) is 5.91 Å². The topological polar surface area (TPSA) is 59.8 Å². The Labute approximate surface area is 69.8 Å². The lowest BCUT2D eigenvalue weighted by molar-refractivity contribution is -0.117. The third kappa shape index (κ3) is 1.44. The average Bonchev–Trinajstić information content (AvgIpc) is 2.78. The van der Waals surface area contributed by atoms with Crippen LogP contribution in [0.25, 0.3) is 0 Å². The van der Waals surface area contributed by atoms with E-state index in [4.69, 9.17) is 0 Å². The monoisotopic (exact) mass is 166 g/mol. The number of carbonyl (C=O) groups excluding carboxylic acids is 1. The van der Waals surface area contributed by atoms with Crippen molar-refractivity contribution >= 4 is 11.7 Å². The lowest BCUT2D eigenvalue weighted by atomic mass is 10.4. The minimum absolute atomic E-state index is 0.0653. The fourth-order valence-electron chi connectivity index (χ4n) is 0.977. The summed E-state index contributed by atoms with van der Waals surface area (Å²) in [5.41, 5.74) is 0. The number of hydrogen-bond acceptors (Lipinski definition) is 3. The van der Waals surface area contributed by atoms with Crippen molar-refractivity contribution in [1.82, 2.24) is 15.0 Å². The van der Waals surface area contributed by atoms with Gasteiger partial charge in [-0.1, -0.05) is 0 Å². The van der Waals surface area contributed by atoms with E-state index in [1.54, 1.807) is 13.2 Å². The van der Waals surface area contributed by atoms with E-state index in [2.05, 4.69) is 15.5 Å². The zero-order valence-corrected chi connectivity index (χ0v) is 6.82. The number of rotatable bonds is 2. The van der Waals surface area contributed by atoms with E-state index in [-0.39, 0.29) is 11.8 Å². The van der Waals surface area contributed by atoms with E-state index in [1.165, 1.54) is 4.80 Å². The van der Waals surface area contributed by atoms with Crippen LogP contribution in [-0.4, -0.2) is 20.9 Å². The van der Waals surface area contributed by atoms with E-state index in [1.807, 2.05) is 0 Å². The van der Waals surface area contributed by atoms with E-state index < -0.39 is 0 Å². The maximum Gasteiger partial charge on any atom is 0.228 e. The van der Waals surface area contributed by atoms with Gasteiger partial charge in [-0.3, -0.25) is 4.79 Å². The summed E-state index contributed by atoms with van der Waals surface area (Å²) in [6, 6.07) is 0. The molecule has 2 rings (SSSR count). The number of aryl methyl sites for hydroxylation is 1. The number of hydrogen-bond donors (Lipinski definition) is 1. The summed E-state index contributed by atoms with van der Waals surface area (Å²) in [6.07, 6.45) is 3.55. The van der Waals surface area contributed by atoms with Gasteiger partial charge in [-0.25, -0.2) is 0 Å². The van der Waals surface area contributed by atoms with Gasteiger partial charge in [-0.05, 0) is 12.8 Å². The van der Waals surface area contributed by atoms with Crippen LogP contribution in [0.15, 0.2) is 6.20 Å². The number of carbonyl (C=O) groups is 1. The van der Waals surface area contributed by atoms with Crippen LogP contribution in [0.4, 0.5) is 5.82 Å². The van der Waals surface area contributed by atoms with Crippen molar-refractivity contribution in [2.75, 3.05) is 5.32 Å². The van der Waals surface area contributed by atoms with E-state index >= 15 is 0 Å². The molecule has 1 amide bonds. The summed E-state index contributed by atoms with van der Waals surface area (Å²) in [5, 5.41) is 10.5. The molecule has 0 aromatic carbocycles. The molecule has 1 fully saturated rings. The number of amides is 1. The Bertz CT molecular complexity index is 302. The molecule has 1 aromatic rings. The second-order valence-electron chi connectivity index (χ2n) is 2.98. The quantitative estimate of drug-likeness (QED) is 0.681. The molecule has 0 saturated heterocycles. The zero-order chi connectivity index (χ0) is 8.55.